The van der Waals surface area contributed by atoms with Gasteiger partial charge in [0.05, 0.1) is 48.7 Å². The zero-order chi connectivity index (χ0) is 29.5. The first kappa shape index (κ1) is 33.8. The van der Waals surface area contributed by atoms with Crippen LogP contribution < -0.4 is 22.1 Å². The van der Waals surface area contributed by atoms with Gasteiger partial charge in [0.2, 0.25) is 0 Å². The van der Waals surface area contributed by atoms with Crippen molar-refractivity contribution in [2.45, 2.75) is 121 Å². The standard InChI is InChI=1S/C26H50N4O9/c1-13(2)6-7-16(38-24-23(34)20(28)22(33)15(5)37-24)10-19-21(30-25(35)29-9-8-27)18(32)12-26(36,39-19)11-17(31)14(3)4/h6-7,13-24,31-34,36H,8-12,27-28H2,1-5H3,(H2,29,30,35)/b7-6+/t15?,16-,17+,18-,19?,20?,21+,22?,23?,24?,26+/m0/s1. The van der Waals surface area contributed by atoms with Crippen LogP contribution in [-0.4, -0.2) is 112 Å². The number of amides is 2. The highest BCUT2D eigenvalue weighted by molar-refractivity contribution is 5.74. The van der Waals surface area contributed by atoms with Gasteiger partial charge >= 0.3 is 6.03 Å². The molecule has 0 aromatic heterocycles. The average molecular weight is 563 g/mol. The largest absolute Gasteiger partial charge is 0.393 e. The fourth-order valence-electron chi connectivity index (χ4n) is 4.68. The molecule has 0 bridgehead atoms. The van der Waals surface area contributed by atoms with Crippen LogP contribution in [0.25, 0.3) is 0 Å². The summed E-state index contributed by atoms with van der Waals surface area (Å²) in [7, 11) is 0. The minimum atomic E-state index is -1.87. The van der Waals surface area contributed by atoms with Gasteiger partial charge in [-0.3, -0.25) is 0 Å². The van der Waals surface area contributed by atoms with Gasteiger partial charge in [-0.05, 0) is 18.8 Å². The lowest BCUT2D eigenvalue weighted by atomic mass is 9.86. The Kier molecular flexibility index (Phi) is 13.0. The van der Waals surface area contributed by atoms with Gasteiger partial charge in [-0.1, -0.05) is 39.8 Å². The van der Waals surface area contributed by atoms with Crippen molar-refractivity contribution in [1.29, 1.82) is 0 Å². The minimum absolute atomic E-state index is 0.0287. The summed E-state index contributed by atoms with van der Waals surface area (Å²) in [5.74, 6) is -1.89. The Hall–Kier alpha value is -1.39. The highest BCUT2D eigenvalue weighted by Gasteiger charge is 2.49. The van der Waals surface area contributed by atoms with E-state index in [1.807, 2.05) is 19.9 Å². The quantitative estimate of drug-likeness (QED) is 0.126. The second-order valence-electron chi connectivity index (χ2n) is 11.4. The van der Waals surface area contributed by atoms with E-state index >= 15 is 0 Å². The number of hydrogen-bond donors (Lipinski definition) is 9. The molecule has 2 aliphatic rings. The molecular weight excluding hydrogens is 512 g/mol. The van der Waals surface area contributed by atoms with E-state index < -0.39 is 72.9 Å². The fourth-order valence-corrected chi connectivity index (χ4v) is 4.68. The Morgan fingerprint density at radius 3 is 2.44 bits per heavy atom. The van der Waals surface area contributed by atoms with E-state index in [0.717, 1.165) is 0 Å². The molecule has 11 atom stereocenters. The summed E-state index contributed by atoms with van der Waals surface area (Å²) in [5.41, 5.74) is 11.4. The SMILES string of the molecule is CC(C)/C=C/[C@@H](CC1O[C@](O)(C[C@@H](O)C(C)C)C[C@H](O)[C@H]1NC(=O)NCCN)OC1OC(C)C(O)C(N)C1O. The molecule has 11 N–H and O–H groups in total. The molecular formula is C26H50N4O9. The van der Waals surface area contributed by atoms with E-state index in [-0.39, 0.29) is 44.2 Å². The zero-order valence-electron chi connectivity index (χ0n) is 23.6. The molecule has 228 valence electrons. The number of urea groups is 1. The van der Waals surface area contributed by atoms with Crippen molar-refractivity contribution in [2.24, 2.45) is 23.3 Å². The van der Waals surface area contributed by atoms with Gasteiger partial charge in [0.1, 0.15) is 6.10 Å². The van der Waals surface area contributed by atoms with Gasteiger partial charge in [-0.15, -0.1) is 0 Å². The number of carbonyl (C=O) groups is 1. The maximum absolute atomic E-state index is 12.5. The Morgan fingerprint density at radius 1 is 1.18 bits per heavy atom. The summed E-state index contributed by atoms with van der Waals surface area (Å²) in [6, 6.07) is -2.51. The van der Waals surface area contributed by atoms with Crippen molar-refractivity contribution < 1.29 is 44.5 Å². The summed E-state index contributed by atoms with van der Waals surface area (Å²) in [6.07, 6.45) is -4.85. The van der Waals surface area contributed by atoms with Crippen molar-refractivity contribution in [3.8, 4) is 0 Å². The molecule has 0 radical (unpaired) electrons. The smallest absolute Gasteiger partial charge is 0.315 e. The molecule has 2 fully saturated rings. The molecule has 39 heavy (non-hydrogen) atoms. The van der Waals surface area contributed by atoms with Crippen molar-refractivity contribution >= 4 is 6.03 Å². The molecule has 13 nitrogen and oxygen atoms in total. The lowest BCUT2D eigenvalue weighted by Crippen LogP contribution is -2.64. The van der Waals surface area contributed by atoms with E-state index in [9.17, 15) is 30.3 Å². The van der Waals surface area contributed by atoms with Crippen LogP contribution in [0.1, 0.15) is 53.9 Å². The number of hydrogen-bond acceptors (Lipinski definition) is 11. The maximum Gasteiger partial charge on any atom is 0.315 e. The third kappa shape index (κ3) is 9.88. The van der Waals surface area contributed by atoms with E-state index in [0.29, 0.717) is 0 Å². The monoisotopic (exact) mass is 562 g/mol. The van der Waals surface area contributed by atoms with Crippen molar-refractivity contribution in [3.63, 3.8) is 0 Å². The van der Waals surface area contributed by atoms with Crippen LogP contribution in [0.4, 0.5) is 4.79 Å². The van der Waals surface area contributed by atoms with Crippen molar-refractivity contribution in [2.75, 3.05) is 13.1 Å². The van der Waals surface area contributed by atoms with Crippen LogP contribution in [0, 0.1) is 11.8 Å². The predicted octanol–water partition coefficient (Wildman–Crippen LogP) is -1.36. The third-order valence-corrected chi connectivity index (χ3v) is 7.12. The van der Waals surface area contributed by atoms with Gasteiger partial charge in [-0.2, -0.15) is 0 Å². The Bertz CT molecular complexity index is 789. The Morgan fingerprint density at radius 2 is 1.85 bits per heavy atom. The van der Waals surface area contributed by atoms with Crippen molar-refractivity contribution in [3.05, 3.63) is 12.2 Å². The Balaban J connectivity index is 2.33. The highest BCUT2D eigenvalue weighted by Crippen LogP contribution is 2.35. The van der Waals surface area contributed by atoms with Crippen LogP contribution in [0.3, 0.4) is 0 Å². The van der Waals surface area contributed by atoms with E-state index in [4.69, 9.17) is 25.7 Å². The predicted molar refractivity (Wildman–Crippen MR) is 143 cm³/mol. The molecule has 2 aliphatic heterocycles. The van der Waals surface area contributed by atoms with E-state index in [1.165, 1.54) is 0 Å². The van der Waals surface area contributed by atoms with Gasteiger partial charge in [-0.25, -0.2) is 4.79 Å². The lowest BCUT2D eigenvalue weighted by Gasteiger charge is -2.46. The Labute approximate surface area is 230 Å². The second-order valence-corrected chi connectivity index (χ2v) is 11.4. The summed E-state index contributed by atoms with van der Waals surface area (Å²) < 4.78 is 17.9. The minimum Gasteiger partial charge on any atom is -0.393 e. The first-order valence-corrected chi connectivity index (χ1v) is 13.8. The molecule has 0 aliphatic carbocycles. The van der Waals surface area contributed by atoms with Crippen molar-refractivity contribution in [1.82, 2.24) is 10.6 Å². The van der Waals surface area contributed by atoms with Crippen LogP contribution in [0.15, 0.2) is 12.2 Å². The number of nitrogens with one attached hydrogen (secondary N) is 2. The number of ether oxygens (including phenoxy) is 3. The van der Waals surface area contributed by atoms with E-state index in [1.54, 1.807) is 26.8 Å². The van der Waals surface area contributed by atoms with Crippen LogP contribution >= 0.6 is 0 Å². The third-order valence-electron chi connectivity index (χ3n) is 7.12. The van der Waals surface area contributed by atoms with Gasteiger partial charge < -0.3 is 61.8 Å². The molecule has 2 amide bonds. The molecule has 2 heterocycles. The molecule has 0 spiro atoms. The topological polar surface area (TPSA) is 222 Å². The van der Waals surface area contributed by atoms with Gasteiger partial charge in [0.25, 0.3) is 0 Å². The number of carbonyl (C=O) groups excluding carboxylic acids is 1. The molecule has 2 saturated heterocycles. The van der Waals surface area contributed by atoms with Crippen LogP contribution in [0.2, 0.25) is 0 Å². The molecule has 0 aromatic rings. The van der Waals surface area contributed by atoms with Crippen LogP contribution in [-0.2, 0) is 14.2 Å². The van der Waals surface area contributed by atoms with Gasteiger partial charge in [0.15, 0.2) is 12.1 Å². The summed E-state index contributed by atoms with van der Waals surface area (Å²) in [6.45, 7) is 9.59. The maximum atomic E-state index is 12.5. The first-order valence-electron chi connectivity index (χ1n) is 13.8. The molecule has 0 saturated carbocycles. The molecule has 13 heteroatoms. The van der Waals surface area contributed by atoms with E-state index in [2.05, 4.69) is 10.6 Å². The molecule has 0 aromatic carbocycles. The highest BCUT2D eigenvalue weighted by atomic mass is 16.7. The zero-order valence-corrected chi connectivity index (χ0v) is 23.6. The normalized spacial score (nSPS) is 37.3. The number of aliphatic hydroxyl groups excluding tert-OH is 4. The molecule has 6 unspecified atom stereocenters. The number of rotatable bonds is 12. The summed E-state index contributed by atoms with van der Waals surface area (Å²) in [4.78, 5) is 12.5. The summed E-state index contributed by atoms with van der Waals surface area (Å²) in [5, 5.41) is 58.8. The molecule has 2 rings (SSSR count). The van der Waals surface area contributed by atoms with Gasteiger partial charge in [0, 0.05) is 32.4 Å². The number of allylic oxidation sites excluding steroid dienone is 1. The number of nitrogens with two attached hydrogens (primary N) is 2. The average Bonchev–Trinajstić information content (AvgIpc) is 2.84. The second kappa shape index (κ2) is 15.0. The van der Waals surface area contributed by atoms with Crippen LogP contribution in [0.5, 0.6) is 0 Å². The lowest BCUT2D eigenvalue weighted by molar-refractivity contribution is -0.303. The fraction of sp³-hybridized carbons (Fsp3) is 0.885. The number of aliphatic hydroxyl groups is 5. The summed E-state index contributed by atoms with van der Waals surface area (Å²) >= 11 is 0. The first-order chi connectivity index (χ1) is 18.2.